The smallest absolute Gasteiger partial charge is 0.0587 e. The summed E-state index contributed by atoms with van der Waals surface area (Å²) in [6, 6.07) is 13.2. The van der Waals surface area contributed by atoms with Crippen LogP contribution in [0.25, 0.3) is 10.8 Å². The Kier molecular flexibility index (Phi) is 4.09. The van der Waals surface area contributed by atoms with Gasteiger partial charge in [-0.1, -0.05) is 42.0 Å². The molecule has 3 heteroatoms. The van der Waals surface area contributed by atoms with Gasteiger partial charge in [-0.25, -0.2) is 5.43 Å². The number of rotatable bonds is 5. The van der Waals surface area contributed by atoms with Gasteiger partial charge in [0.1, 0.15) is 0 Å². The first-order valence-corrected chi connectivity index (χ1v) is 5.93. The molecule has 2 aromatic carbocycles. The summed E-state index contributed by atoms with van der Waals surface area (Å²) in [6.45, 7) is 3.70. The Balaban J connectivity index is 2.07. The second kappa shape index (κ2) is 5.77. The third-order valence-electron chi connectivity index (χ3n) is 2.88. The molecule has 0 bridgehead atoms. The van der Waals surface area contributed by atoms with Gasteiger partial charge in [0.05, 0.1) is 6.67 Å². The first kappa shape index (κ1) is 12.0. The molecule has 0 aliphatic rings. The zero-order valence-electron chi connectivity index (χ0n) is 10.2. The average molecular weight is 229 g/mol. The standard InChI is InChI=1S/C14H19N3/c1-11-2-4-14-9-12(3-5-13(14)8-11)6-7-16-10-17-15/h2-5,8-9,16-17H,6-7,10,15H2,1H3. The molecule has 0 aliphatic heterocycles. The van der Waals surface area contributed by atoms with Crippen molar-refractivity contribution >= 4 is 10.8 Å². The van der Waals surface area contributed by atoms with Crippen molar-refractivity contribution in [3.8, 4) is 0 Å². The van der Waals surface area contributed by atoms with E-state index in [1.54, 1.807) is 0 Å². The van der Waals surface area contributed by atoms with Crippen LogP contribution in [0.2, 0.25) is 0 Å². The molecule has 0 amide bonds. The van der Waals surface area contributed by atoms with Crippen molar-refractivity contribution in [1.82, 2.24) is 10.7 Å². The maximum atomic E-state index is 5.18. The van der Waals surface area contributed by atoms with E-state index in [2.05, 4.69) is 54.1 Å². The lowest BCUT2D eigenvalue weighted by Crippen LogP contribution is -2.34. The molecule has 4 N–H and O–H groups in total. The number of nitrogens with two attached hydrogens (primary N) is 1. The van der Waals surface area contributed by atoms with Crippen molar-refractivity contribution in [2.24, 2.45) is 5.84 Å². The van der Waals surface area contributed by atoms with E-state index >= 15 is 0 Å². The maximum Gasteiger partial charge on any atom is 0.0587 e. The Labute approximate surface area is 102 Å². The van der Waals surface area contributed by atoms with Crippen LogP contribution in [0.3, 0.4) is 0 Å². The summed E-state index contributed by atoms with van der Waals surface area (Å²) in [5.74, 6) is 5.18. The van der Waals surface area contributed by atoms with Gasteiger partial charge in [-0.3, -0.25) is 5.84 Å². The highest BCUT2D eigenvalue weighted by Crippen LogP contribution is 2.17. The van der Waals surface area contributed by atoms with Crippen molar-refractivity contribution in [2.45, 2.75) is 13.3 Å². The monoisotopic (exact) mass is 229 g/mol. The summed E-state index contributed by atoms with van der Waals surface area (Å²) in [7, 11) is 0. The number of hydrazine groups is 1. The largest absolute Gasteiger partial charge is 0.303 e. The molecule has 0 aliphatic carbocycles. The highest BCUT2D eigenvalue weighted by atomic mass is 15.3. The first-order chi connectivity index (χ1) is 8.29. The van der Waals surface area contributed by atoms with Crippen LogP contribution in [0.1, 0.15) is 11.1 Å². The van der Waals surface area contributed by atoms with E-state index in [0.29, 0.717) is 6.67 Å². The molecule has 0 saturated heterocycles. The van der Waals surface area contributed by atoms with Gasteiger partial charge in [-0.05, 0) is 29.7 Å². The molecule has 2 aromatic rings. The number of nitrogens with one attached hydrogen (secondary N) is 2. The van der Waals surface area contributed by atoms with E-state index < -0.39 is 0 Å². The van der Waals surface area contributed by atoms with Gasteiger partial charge in [-0.2, -0.15) is 0 Å². The van der Waals surface area contributed by atoms with E-state index in [-0.39, 0.29) is 0 Å². The van der Waals surface area contributed by atoms with Gasteiger partial charge in [0.2, 0.25) is 0 Å². The van der Waals surface area contributed by atoms with Gasteiger partial charge in [0.25, 0.3) is 0 Å². The maximum absolute atomic E-state index is 5.18. The lowest BCUT2D eigenvalue weighted by atomic mass is 10.0. The van der Waals surface area contributed by atoms with Crippen LogP contribution >= 0.6 is 0 Å². The Bertz CT molecular complexity index is 494. The predicted octanol–water partition coefficient (Wildman–Crippen LogP) is 1.70. The van der Waals surface area contributed by atoms with Crippen molar-refractivity contribution in [3.05, 3.63) is 47.5 Å². The van der Waals surface area contributed by atoms with Crippen LogP contribution in [-0.4, -0.2) is 13.2 Å². The van der Waals surface area contributed by atoms with Crippen molar-refractivity contribution in [3.63, 3.8) is 0 Å². The number of benzene rings is 2. The Morgan fingerprint density at radius 3 is 2.65 bits per heavy atom. The molecule has 0 saturated carbocycles. The van der Waals surface area contributed by atoms with E-state index in [1.807, 2.05) is 0 Å². The Morgan fingerprint density at radius 2 is 1.82 bits per heavy atom. The van der Waals surface area contributed by atoms with E-state index in [4.69, 9.17) is 5.84 Å². The summed E-state index contributed by atoms with van der Waals surface area (Å²) in [5, 5.41) is 5.83. The fourth-order valence-electron chi connectivity index (χ4n) is 1.96. The van der Waals surface area contributed by atoms with Crippen molar-refractivity contribution in [1.29, 1.82) is 0 Å². The molecule has 0 heterocycles. The molecule has 0 unspecified atom stereocenters. The quantitative estimate of drug-likeness (QED) is 0.316. The van der Waals surface area contributed by atoms with Crippen LogP contribution in [-0.2, 0) is 6.42 Å². The number of fused-ring (bicyclic) bond motifs is 1. The third-order valence-corrected chi connectivity index (χ3v) is 2.88. The van der Waals surface area contributed by atoms with Crippen LogP contribution in [0, 0.1) is 6.92 Å². The number of aryl methyl sites for hydroxylation is 1. The molecule has 17 heavy (non-hydrogen) atoms. The predicted molar refractivity (Wildman–Crippen MR) is 72.6 cm³/mol. The summed E-state index contributed by atoms with van der Waals surface area (Å²) >= 11 is 0. The van der Waals surface area contributed by atoms with Crippen molar-refractivity contribution in [2.75, 3.05) is 13.2 Å². The SMILES string of the molecule is Cc1ccc2cc(CCNCNN)ccc2c1. The summed E-state index contributed by atoms with van der Waals surface area (Å²) in [6.07, 6.45) is 1.02. The molecule has 0 spiro atoms. The highest BCUT2D eigenvalue weighted by molar-refractivity contribution is 5.83. The average Bonchev–Trinajstić information content (AvgIpc) is 2.35. The van der Waals surface area contributed by atoms with Crippen LogP contribution < -0.4 is 16.6 Å². The van der Waals surface area contributed by atoms with E-state index in [1.165, 1.54) is 21.9 Å². The topological polar surface area (TPSA) is 50.1 Å². The second-order valence-electron chi connectivity index (χ2n) is 4.32. The molecule has 0 radical (unpaired) electrons. The van der Waals surface area contributed by atoms with Gasteiger partial charge in [0, 0.05) is 6.54 Å². The number of hydrogen-bond acceptors (Lipinski definition) is 3. The zero-order valence-corrected chi connectivity index (χ0v) is 10.2. The lowest BCUT2D eigenvalue weighted by Gasteiger charge is -2.06. The normalized spacial score (nSPS) is 10.9. The first-order valence-electron chi connectivity index (χ1n) is 5.93. The third kappa shape index (κ3) is 3.27. The van der Waals surface area contributed by atoms with Crippen LogP contribution in [0.5, 0.6) is 0 Å². The minimum Gasteiger partial charge on any atom is -0.303 e. The minimum atomic E-state index is 0.646. The van der Waals surface area contributed by atoms with Crippen LogP contribution in [0.4, 0.5) is 0 Å². The molecule has 0 fully saturated rings. The Hall–Kier alpha value is -1.42. The molecule has 90 valence electrons. The van der Waals surface area contributed by atoms with Gasteiger partial charge >= 0.3 is 0 Å². The minimum absolute atomic E-state index is 0.646. The molecule has 0 aromatic heterocycles. The van der Waals surface area contributed by atoms with E-state index in [0.717, 1.165) is 13.0 Å². The molecular weight excluding hydrogens is 210 g/mol. The fraction of sp³-hybridized carbons (Fsp3) is 0.286. The van der Waals surface area contributed by atoms with Gasteiger partial charge < -0.3 is 5.32 Å². The zero-order chi connectivity index (χ0) is 12.1. The molecule has 0 atom stereocenters. The highest BCUT2D eigenvalue weighted by Gasteiger charge is 1.97. The lowest BCUT2D eigenvalue weighted by molar-refractivity contribution is 0.602. The second-order valence-corrected chi connectivity index (χ2v) is 4.32. The molecule has 2 rings (SSSR count). The van der Waals surface area contributed by atoms with Crippen molar-refractivity contribution < 1.29 is 0 Å². The summed E-state index contributed by atoms with van der Waals surface area (Å²) in [5.41, 5.74) is 5.24. The van der Waals surface area contributed by atoms with E-state index in [9.17, 15) is 0 Å². The molecule has 3 nitrogen and oxygen atoms in total. The van der Waals surface area contributed by atoms with Gasteiger partial charge in [-0.15, -0.1) is 0 Å². The fourth-order valence-corrected chi connectivity index (χ4v) is 1.96. The Morgan fingerprint density at radius 1 is 1.06 bits per heavy atom. The summed E-state index contributed by atoms with van der Waals surface area (Å²) in [4.78, 5) is 0. The summed E-state index contributed by atoms with van der Waals surface area (Å²) < 4.78 is 0. The molecular formula is C14H19N3. The number of hydrogen-bond donors (Lipinski definition) is 3. The van der Waals surface area contributed by atoms with Gasteiger partial charge in [0.15, 0.2) is 0 Å². The van der Waals surface area contributed by atoms with Crippen LogP contribution in [0.15, 0.2) is 36.4 Å².